The number of allylic oxidation sites excluding steroid dienone is 1. The number of furan rings is 1. The average Bonchev–Trinajstić information content (AvgIpc) is 3.35. The van der Waals surface area contributed by atoms with Gasteiger partial charge < -0.3 is 14.5 Å². The second-order valence-corrected chi connectivity index (χ2v) is 7.47. The lowest BCUT2D eigenvalue weighted by Gasteiger charge is -2.25. The van der Waals surface area contributed by atoms with E-state index in [0.717, 1.165) is 5.56 Å². The molecular formula is C19H17ClN4O3S. The van der Waals surface area contributed by atoms with E-state index in [0.29, 0.717) is 38.9 Å². The summed E-state index contributed by atoms with van der Waals surface area (Å²) < 4.78 is 12.2. The average molecular weight is 417 g/mol. The van der Waals surface area contributed by atoms with Gasteiger partial charge in [-0.2, -0.15) is 4.98 Å². The molecule has 0 fully saturated rings. The Kier molecular flexibility index (Phi) is 5.15. The van der Waals surface area contributed by atoms with Gasteiger partial charge in [-0.1, -0.05) is 41.6 Å². The van der Waals surface area contributed by atoms with Crippen molar-refractivity contribution in [3.63, 3.8) is 0 Å². The minimum atomic E-state index is -0.555. The summed E-state index contributed by atoms with van der Waals surface area (Å²) in [4.78, 5) is 17.0. The van der Waals surface area contributed by atoms with Gasteiger partial charge in [-0.05, 0) is 30.7 Å². The number of esters is 1. The molecule has 1 atom stereocenters. The van der Waals surface area contributed by atoms with Crippen LogP contribution in [0.15, 0.2) is 63.5 Å². The highest BCUT2D eigenvalue weighted by Crippen LogP contribution is 2.37. The zero-order valence-corrected chi connectivity index (χ0v) is 16.8. The number of benzene rings is 1. The summed E-state index contributed by atoms with van der Waals surface area (Å²) in [7, 11) is 1.35. The van der Waals surface area contributed by atoms with Crippen LogP contribution in [0.2, 0.25) is 5.02 Å². The van der Waals surface area contributed by atoms with Gasteiger partial charge in [0.2, 0.25) is 11.1 Å². The van der Waals surface area contributed by atoms with Crippen molar-refractivity contribution in [3.8, 4) is 0 Å². The van der Waals surface area contributed by atoms with E-state index >= 15 is 0 Å². The number of nitrogens with zero attached hydrogens (tertiary/aromatic N) is 3. The fraction of sp³-hybridized carbons (Fsp3) is 0.211. The summed E-state index contributed by atoms with van der Waals surface area (Å²) in [6.07, 6.45) is 1.56. The molecule has 0 amide bonds. The summed E-state index contributed by atoms with van der Waals surface area (Å²) in [5.41, 5.74) is 2.08. The minimum Gasteiger partial charge on any atom is -0.467 e. The van der Waals surface area contributed by atoms with Crippen molar-refractivity contribution in [2.45, 2.75) is 23.9 Å². The zero-order valence-electron chi connectivity index (χ0n) is 15.2. The summed E-state index contributed by atoms with van der Waals surface area (Å²) in [5, 5.41) is 9.00. The quantitative estimate of drug-likeness (QED) is 0.491. The van der Waals surface area contributed by atoms with Gasteiger partial charge in [-0.15, -0.1) is 5.10 Å². The van der Waals surface area contributed by atoms with Crippen LogP contribution in [0.1, 0.15) is 24.3 Å². The van der Waals surface area contributed by atoms with Crippen LogP contribution in [-0.2, 0) is 15.3 Å². The molecular weight excluding hydrogens is 400 g/mol. The maximum atomic E-state index is 12.4. The number of thioether (sulfide) groups is 1. The summed E-state index contributed by atoms with van der Waals surface area (Å²) >= 11 is 7.69. The van der Waals surface area contributed by atoms with Gasteiger partial charge in [-0.25, -0.2) is 9.48 Å². The molecule has 1 aliphatic heterocycles. The maximum Gasteiger partial charge on any atom is 0.338 e. The van der Waals surface area contributed by atoms with E-state index in [1.807, 2.05) is 24.3 Å². The van der Waals surface area contributed by atoms with Gasteiger partial charge in [0, 0.05) is 16.5 Å². The molecule has 1 aliphatic rings. The second kappa shape index (κ2) is 7.73. The predicted octanol–water partition coefficient (Wildman–Crippen LogP) is 4.28. The van der Waals surface area contributed by atoms with Crippen LogP contribution in [0.5, 0.6) is 0 Å². The second-order valence-electron chi connectivity index (χ2n) is 6.12. The largest absolute Gasteiger partial charge is 0.467 e. The van der Waals surface area contributed by atoms with E-state index < -0.39 is 12.0 Å². The highest BCUT2D eigenvalue weighted by atomic mass is 35.5. The molecule has 1 N–H and O–H groups in total. The Labute approximate surface area is 170 Å². The van der Waals surface area contributed by atoms with E-state index in [1.165, 1.54) is 18.9 Å². The number of hydrogen-bond donors (Lipinski definition) is 1. The Morgan fingerprint density at radius 3 is 2.89 bits per heavy atom. The Morgan fingerprint density at radius 2 is 2.18 bits per heavy atom. The van der Waals surface area contributed by atoms with Crippen LogP contribution in [0.4, 0.5) is 5.95 Å². The van der Waals surface area contributed by atoms with Crippen LogP contribution in [-0.4, -0.2) is 27.8 Å². The number of ether oxygens (including phenoxy) is 1. The molecule has 3 aromatic rings. The fourth-order valence-corrected chi connectivity index (χ4v) is 4.15. The van der Waals surface area contributed by atoms with Crippen molar-refractivity contribution in [1.29, 1.82) is 0 Å². The summed E-state index contributed by atoms with van der Waals surface area (Å²) in [6, 6.07) is 10.7. The van der Waals surface area contributed by atoms with Crippen molar-refractivity contribution < 1.29 is 13.9 Å². The van der Waals surface area contributed by atoms with Crippen molar-refractivity contribution in [3.05, 3.63) is 70.3 Å². The highest BCUT2D eigenvalue weighted by Gasteiger charge is 2.36. The molecule has 0 spiro atoms. The van der Waals surface area contributed by atoms with E-state index in [1.54, 1.807) is 30.0 Å². The molecule has 0 saturated heterocycles. The minimum absolute atomic E-state index is 0.428. The number of anilines is 1. The zero-order chi connectivity index (χ0) is 19.7. The molecule has 0 radical (unpaired) electrons. The third-order valence-electron chi connectivity index (χ3n) is 4.37. The fourth-order valence-electron chi connectivity index (χ4n) is 3.03. The van der Waals surface area contributed by atoms with Crippen molar-refractivity contribution in [2.24, 2.45) is 0 Å². The number of nitrogens with one attached hydrogen (secondary N) is 1. The van der Waals surface area contributed by atoms with Crippen LogP contribution in [0, 0.1) is 0 Å². The molecule has 1 unspecified atom stereocenters. The number of aromatic nitrogens is 3. The molecule has 4 rings (SSSR count). The van der Waals surface area contributed by atoms with Gasteiger partial charge in [-0.3, -0.25) is 0 Å². The lowest BCUT2D eigenvalue weighted by atomic mass is 10.0. The SMILES string of the molecule is COC(=O)C1=C(C)Nc2nc(SCc3ccccc3Cl)nn2C1c1ccco1. The number of carbonyl (C=O) groups is 1. The molecule has 0 saturated carbocycles. The number of hydrogen-bond acceptors (Lipinski definition) is 7. The lowest BCUT2D eigenvalue weighted by molar-refractivity contribution is -0.136. The monoisotopic (exact) mass is 416 g/mol. The van der Waals surface area contributed by atoms with Crippen molar-refractivity contribution in [1.82, 2.24) is 14.8 Å². The first-order valence-corrected chi connectivity index (χ1v) is 9.87. The highest BCUT2D eigenvalue weighted by molar-refractivity contribution is 7.98. The molecule has 7 nitrogen and oxygen atoms in total. The van der Waals surface area contributed by atoms with Crippen LogP contribution < -0.4 is 5.32 Å². The number of rotatable bonds is 5. The normalized spacial score (nSPS) is 15.9. The smallest absolute Gasteiger partial charge is 0.338 e. The van der Waals surface area contributed by atoms with Gasteiger partial charge in [0.05, 0.1) is 18.9 Å². The molecule has 1 aromatic carbocycles. The van der Waals surface area contributed by atoms with E-state index in [-0.39, 0.29) is 0 Å². The molecule has 144 valence electrons. The van der Waals surface area contributed by atoms with E-state index in [4.69, 9.17) is 20.8 Å². The number of halogens is 1. The molecule has 9 heteroatoms. The van der Waals surface area contributed by atoms with Gasteiger partial charge in [0.25, 0.3) is 0 Å². The number of methoxy groups -OCH3 is 1. The first-order chi connectivity index (χ1) is 13.6. The Balaban J connectivity index is 1.67. The standard InChI is InChI=1S/C19H17ClN4O3S/c1-11-15(17(25)26-2)16(14-8-5-9-27-14)24-18(21-11)22-19(23-24)28-10-12-6-3-4-7-13(12)20/h3-9,16H,10H2,1-2H3,(H,21,22,23). The van der Waals surface area contributed by atoms with Crippen LogP contribution in [0.3, 0.4) is 0 Å². The maximum absolute atomic E-state index is 12.4. The first-order valence-electron chi connectivity index (χ1n) is 8.50. The van der Waals surface area contributed by atoms with Crippen LogP contribution in [0.25, 0.3) is 0 Å². The number of fused-ring (bicyclic) bond motifs is 1. The Hall–Kier alpha value is -2.71. The third-order valence-corrected chi connectivity index (χ3v) is 5.62. The van der Waals surface area contributed by atoms with Crippen molar-refractivity contribution >= 4 is 35.3 Å². The molecule has 28 heavy (non-hydrogen) atoms. The summed E-state index contributed by atoms with van der Waals surface area (Å²) in [6.45, 7) is 1.80. The molecule has 2 aromatic heterocycles. The topological polar surface area (TPSA) is 82.2 Å². The molecule has 0 aliphatic carbocycles. The Morgan fingerprint density at radius 1 is 1.36 bits per heavy atom. The van der Waals surface area contributed by atoms with Crippen LogP contribution >= 0.6 is 23.4 Å². The van der Waals surface area contributed by atoms with E-state index in [9.17, 15) is 4.79 Å². The Bertz CT molecular complexity index is 1050. The third kappa shape index (κ3) is 3.41. The number of carbonyl (C=O) groups excluding carboxylic acids is 1. The van der Waals surface area contributed by atoms with Gasteiger partial charge in [0.1, 0.15) is 11.8 Å². The molecule has 0 bridgehead atoms. The van der Waals surface area contributed by atoms with Crippen molar-refractivity contribution in [2.75, 3.05) is 12.4 Å². The summed E-state index contributed by atoms with van der Waals surface area (Å²) in [5.74, 6) is 1.30. The molecule has 3 heterocycles. The van der Waals surface area contributed by atoms with E-state index in [2.05, 4.69) is 15.4 Å². The van der Waals surface area contributed by atoms with Gasteiger partial charge >= 0.3 is 5.97 Å². The first kappa shape index (κ1) is 18.6. The predicted molar refractivity (Wildman–Crippen MR) is 106 cm³/mol. The lowest BCUT2D eigenvalue weighted by Crippen LogP contribution is -2.29. The van der Waals surface area contributed by atoms with Gasteiger partial charge in [0.15, 0.2) is 0 Å².